The molecular weight excluding hydrogens is 313 g/mol. The monoisotopic (exact) mass is 341 g/mol. The van der Waals surface area contributed by atoms with Gasteiger partial charge >= 0.3 is 6.09 Å². The van der Waals surface area contributed by atoms with Crippen molar-refractivity contribution in [1.29, 1.82) is 0 Å². The molecule has 0 spiro atoms. The second-order valence-corrected chi connectivity index (χ2v) is 10.3. The number of hydrogen-bond donors (Lipinski definition) is 1. The average molecular weight is 341 g/mol. The van der Waals surface area contributed by atoms with Gasteiger partial charge in [0.2, 0.25) is 0 Å². The lowest BCUT2D eigenvalue weighted by Crippen LogP contribution is -2.25. The van der Waals surface area contributed by atoms with Crippen LogP contribution in [0.2, 0.25) is 0 Å². The van der Waals surface area contributed by atoms with E-state index < -0.39 is 13.2 Å². The van der Waals surface area contributed by atoms with Crippen molar-refractivity contribution in [3.05, 3.63) is 29.8 Å². The van der Waals surface area contributed by atoms with Gasteiger partial charge in [-0.2, -0.15) is 0 Å². The lowest BCUT2D eigenvalue weighted by atomic mass is 10.2. The summed E-state index contributed by atoms with van der Waals surface area (Å²) in [5.41, 5.74) is 1.17. The molecule has 0 bridgehead atoms. The molecule has 1 amide bonds. The lowest BCUT2D eigenvalue weighted by molar-refractivity contribution is 0.152. The highest BCUT2D eigenvalue weighted by Gasteiger charge is 2.30. The van der Waals surface area contributed by atoms with Gasteiger partial charge in [0.05, 0.1) is 14.3 Å². The Morgan fingerprint density at radius 1 is 1.13 bits per heavy atom. The van der Waals surface area contributed by atoms with Crippen LogP contribution in [0.3, 0.4) is 0 Å². The van der Waals surface area contributed by atoms with Crippen LogP contribution in [0.5, 0.6) is 5.75 Å². The smallest absolute Gasteiger partial charge is 0.407 e. The Balaban J connectivity index is 2.38. The van der Waals surface area contributed by atoms with E-state index in [0.29, 0.717) is 12.7 Å². The number of rotatable bonds is 8. The maximum atomic E-state index is 12.8. The summed E-state index contributed by atoms with van der Waals surface area (Å²) in [6.07, 6.45) is -0.0574. The van der Waals surface area contributed by atoms with E-state index >= 15 is 0 Å². The molecule has 0 saturated carbocycles. The van der Waals surface area contributed by atoms with Gasteiger partial charge in [-0.1, -0.05) is 39.8 Å². The van der Waals surface area contributed by atoms with Crippen molar-refractivity contribution in [2.24, 2.45) is 0 Å². The zero-order valence-electron chi connectivity index (χ0n) is 14.7. The number of ether oxygens (including phenoxy) is 2. The van der Waals surface area contributed by atoms with Gasteiger partial charge in [0.25, 0.3) is 0 Å². The lowest BCUT2D eigenvalue weighted by Gasteiger charge is -2.25. The van der Waals surface area contributed by atoms with Crippen molar-refractivity contribution < 1.29 is 18.8 Å². The van der Waals surface area contributed by atoms with Crippen LogP contribution in [0, 0.1) is 0 Å². The van der Waals surface area contributed by atoms with Gasteiger partial charge in [0.1, 0.15) is 12.4 Å². The highest BCUT2D eigenvalue weighted by molar-refractivity contribution is 7.65. The van der Waals surface area contributed by atoms with Crippen LogP contribution in [-0.4, -0.2) is 37.3 Å². The van der Waals surface area contributed by atoms with E-state index in [1.807, 2.05) is 52.0 Å². The molecule has 5 nitrogen and oxygen atoms in total. The number of methoxy groups -OCH3 is 1. The van der Waals surface area contributed by atoms with Crippen molar-refractivity contribution in [3.8, 4) is 5.75 Å². The molecule has 1 aromatic carbocycles. The Labute approximate surface area is 139 Å². The van der Waals surface area contributed by atoms with Crippen molar-refractivity contribution in [2.45, 2.75) is 45.6 Å². The van der Waals surface area contributed by atoms with E-state index in [2.05, 4.69) is 5.32 Å². The first-order valence-electron chi connectivity index (χ1n) is 7.91. The van der Waals surface area contributed by atoms with Crippen molar-refractivity contribution >= 4 is 13.2 Å². The summed E-state index contributed by atoms with van der Waals surface area (Å²) in [5, 5.41) is 2.69. The molecule has 0 unspecified atom stereocenters. The van der Waals surface area contributed by atoms with Crippen molar-refractivity contribution in [2.75, 3.05) is 19.9 Å². The predicted octanol–water partition coefficient (Wildman–Crippen LogP) is 4.10. The number of benzene rings is 1. The minimum atomic E-state index is -2.32. The molecule has 0 saturated heterocycles. The molecule has 130 valence electrons. The van der Waals surface area contributed by atoms with Gasteiger partial charge in [-0.05, 0) is 17.7 Å². The standard InChI is InChI=1S/C17H28NO4P/c1-13(2)23(20,14(3)4)11-10-22-17(19)18-12-15-6-8-16(21-5)9-7-15/h6-9,13-14H,10-12H2,1-5H3,(H,18,19). The number of amides is 1. The van der Waals surface area contributed by atoms with Crippen LogP contribution >= 0.6 is 7.14 Å². The number of hydrogen-bond acceptors (Lipinski definition) is 4. The molecule has 0 heterocycles. The van der Waals surface area contributed by atoms with Crippen molar-refractivity contribution in [1.82, 2.24) is 5.32 Å². The molecule has 0 aliphatic rings. The summed E-state index contributed by atoms with van der Waals surface area (Å²) >= 11 is 0. The molecule has 1 aromatic rings. The highest BCUT2D eigenvalue weighted by Crippen LogP contribution is 2.54. The maximum absolute atomic E-state index is 12.8. The van der Waals surface area contributed by atoms with Gasteiger partial charge in [-0.25, -0.2) is 4.79 Å². The fourth-order valence-corrected chi connectivity index (χ4v) is 4.96. The van der Waals surface area contributed by atoms with Crippen LogP contribution < -0.4 is 10.1 Å². The molecule has 0 aliphatic carbocycles. The van der Waals surface area contributed by atoms with E-state index in [4.69, 9.17) is 9.47 Å². The van der Waals surface area contributed by atoms with Crippen LogP contribution in [0.1, 0.15) is 33.3 Å². The van der Waals surface area contributed by atoms with Gasteiger partial charge in [0.15, 0.2) is 0 Å². The first-order valence-corrected chi connectivity index (χ1v) is 9.94. The zero-order chi connectivity index (χ0) is 17.5. The third kappa shape index (κ3) is 5.91. The van der Waals surface area contributed by atoms with Crippen LogP contribution in [-0.2, 0) is 15.8 Å². The van der Waals surface area contributed by atoms with E-state index in [9.17, 15) is 9.36 Å². The molecule has 23 heavy (non-hydrogen) atoms. The SMILES string of the molecule is COc1ccc(CNC(=O)OCCP(=O)(C(C)C)C(C)C)cc1. The molecule has 0 aromatic heterocycles. The summed E-state index contributed by atoms with van der Waals surface area (Å²) in [5.74, 6) is 0.773. The largest absolute Gasteiger partial charge is 0.497 e. The van der Waals surface area contributed by atoms with E-state index in [0.717, 1.165) is 11.3 Å². The first kappa shape index (κ1) is 19.6. The van der Waals surface area contributed by atoms with E-state index in [1.165, 1.54) is 0 Å². The summed E-state index contributed by atoms with van der Waals surface area (Å²) in [7, 11) is -0.716. The Morgan fingerprint density at radius 2 is 1.70 bits per heavy atom. The predicted molar refractivity (Wildman–Crippen MR) is 93.9 cm³/mol. The topological polar surface area (TPSA) is 64.6 Å². The quantitative estimate of drug-likeness (QED) is 0.723. The molecular formula is C17H28NO4P. The second-order valence-electron chi connectivity index (χ2n) is 6.10. The number of carbonyl (C=O) groups excluding carboxylic acids is 1. The minimum Gasteiger partial charge on any atom is -0.497 e. The van der Waals surface area contributed by atoms with Gasteiger partial charge < -0.3 is 19.4 Å². The fourth-order valence-electron chi connectivity index (χ4n) is 2.36. The molecule has 0 atom stereocenters. The molecule has 1 rings (SSSR count). The van der Waals surface area contributed by atoms with Crippen LogP contribution in [0.25, 0.3) is 0 Å². The first-order chi connectivity index (χ1) is 10.8. The Morgan fingerprint density at radius 3 is 2.17 bits per heavy atom. The normalized spacial score (nSPS) is 11.6. The highest BCUT2D eigenvalue weighted by atomic mass is 31.2. The molecule has 1 N–H and O–H groups in total. The third-order valence-electron chi connectivity index (χ3n) is 4.02. The second kappa shape index (κ2) is 8.97. The number of nitrogens with one attached hydrogen (secondary N) is 1. The Kier molecular flexibility index (Phi) is 7.63. The van der Waals surface area contributed by atoms with Crippen molar-refractivity contribution in [3.63, 3.8) is 0 Å². The minimum absolute atomic E-state index is 0.105. The van der Waals surface area contributed by atoms with Crippen LogP contribution in [0.4, 0.5) is 4.79 Å². The van der Waals surface area contributed by atoms with Crippen LogP contribution in [0.15, 0.2) is 24.3 Å². The fraction of sp³-hybridized carbons (Fsp3) is 0.588. The van der Waals surface area contributed by atoms with E-state index in [-0.39, 0.29) is 17.9 Å². The van der Waals surface area contributed by atoms with E-state index in [1.54, 1.807) is 7.11 Å². The molecule has 0 aliphatic heterocycles. The summed E-state index contributed by atoms with van der Waals surface area (Å²) in [6.45, 7) is 8.42. The maximum Gasteiger partial charge on any atom is 0.407 e. The summed E-state index contributed by atoms with van der Waals surface area (Å²) in [6, 6.07) is 7.43. The van der Waals surface area contributed by atoms with Gasteiger partial charge in [-0.15, -0.1) is 0 Å². The number of alkyl carbamates (subject to hydrolysis) is 1. The third-order valence-corrected chi connectivity index (χ3v) is 8.40. The molecule has 0 radical (unpaired) electrons. The number of carbonyl (C=O) groups is 1. The molecule has 6 heteroatoms. The summed E-state index contributed by atoms with van der Waals surface area (Å²) < 4.78 is 23.0. The Bertz CT molecular complexity index is 528. The van der Waals surface area contributed by atoms with Gasteiger partial charge in [-0.3, -0.25) is 0 Å². The molecule has 0 fully saturated rings. The Hall–Kier alpha value is -1.48. The average Bonchev–Trinajstić information content (AvgIpc) is 2.52. The zero-order valence-corrected chi connectivity index (χ0v) is 15.6. The summed E-state index contributed by atoms with van der Waals surface area (Å²) in [4.78, 5) is 11.7. The van der Waals surface area contributed by atoms with Gasteiger partial charge in [0, 0.05) is 24.0 Å².